The van der Waals surface area contributed by atoms with Gasteiger partial charge in [0.25, 0.3) is 5.91 Å². The van der Waals surface area contributed by atoms with Crippen LogP contribution in [0.1, 0.15) is 15.9 Å². The van der Waals surface area contributed by atoms with E-state index in [1.54, 1.807) is 35.3 Å². The molecule has 0 bridgehead atoms. The standard InChI is InChI=1S/C18H17N5O2/c19-17(24)16(9-13-5-2-1-3-6-13)22-18(25)14-7-4-8-15(10-14)23-12-20-11-21-23/h1-8,10-12,16H,9H2,(H2,19,24)(H,22,25)/t16-/m1/s1. The molecule has 1 atom stereocenters. The van der Waals surface area contributed by atoms with Gasteiger partial charge in [-0.2, -0.15) is 5.10 Å². The first kappa shape index (κ1) is 16.4. The first-order valence-corrected chi connectivity index (χ1v) is 7.72. The molecule has 3 rings (SSSR count). The molecule has 1 heterocycles. The van der Waals surface area contributed by atoms with Gasteiger partial charge in [-0.25, -0.2) is 9.67 Å². The third-order valence-corrected chi connectivity index (χ3v) is 3.72. The molecule has 3 N–H and O–H groups in total. The molecule has 0 radical (unpaired) electrons. The van der Waals surface area contributed by atoms with Crippen LogP contribution in [0.2, 0.25) is 0 Å². The number of carbonyl (C=O) groups excluding carboxylic acids is 2. The van der Waals surface area contributed by atoms with Crippen molar-refractivity contribution in [3.05, 3.63) is 78.4 Å². The number of hydrogen-bond donors (Lipinski definition) is 2. The Balaban J connectivity index is 1.75. The molecule has 0 saturated heterocycles. The van der Waals surface area contributed by atoms with Gasteiger partial charge in [0, 0.05) is 12.0 Å². The van der Waals surface area contributed by atoms with Crippen molar-refractivity contribution < 1.29 is 9.59 Å². The van der Waals surface area contributed by atoms with E-state index in [-0.39, 0.29) is 5.91 Å². The highest BCUT2D eigenvalue weighted by molar-refractivity contribution is 5.97. The molecule has 0 aliphatic heterocycles. The number of primary amides is 1. The minimum Gasteiger partial charge on any atom is -0.368 e. The van der Waals surface area contributed by atoms with E-state index < -0.39 is 11.9 Å². The minimum absolute atomic E-state index is 0.338. The maximum atomic E-state index is 12.5. The summed E-state index contributed by atoms with van der Waals surface area (Å²) >= 11 is 0. The number of nitrogens with one attached hydrogen (secondary N) is 1. The lowest BCUT2D eigenvalue weighted by Crippen LogP contribution is -2.45. The van der Waals surface area contributed by atoms with Crippen LogP contribution < -0.4 is 11.1 Å². The summed E-state index contributed by atoms with van der Waals surface area (Å²) in [5, 5.41) is 6.73. The quantitative estimate of drug-likeness (QED) is 0.704. The molecule has 1 aromatic heterocycles. The van der Waals surface area contributed by atoms with Crippen molar-refractivity contribution in [3.63, 3.8) is 0 Å². The van der Waals surface area contributed by atoms with Crippen molar-refractivity contribution in [2.24, 2.45) is 5.73 Å². The van der Waals surface area contributed by atoms with Crippen LogP contribution in [-0.2, 0) is 11.2 Å². The largest absolute Gasteiger partial charge is 0.368 e. The zero-order valence-electron chi connectivity index (χ0n) is 13.4. The topological polar surface area (TPSA) is 103 Å². The third-order valence-electron chi connectivity index (χ3n) is 3.72. The zero-order valence-corrected chi connectivity index (χ0v) is 13.4. The van der Waals surface area contributed by atoms with Crippen molar-refractivity contribution in [2.75, 3.05) is 0 Å². The fourth-order valence-corrected chi connectivity index (χ4v) is 2.45. The average Bonchev–Trinajstić information content (AvgIpc) is 3.17. The van der Waals surface area contributed by atoms with Crippen LogP contribution in [-0.4, -0.2) is 32.6 Å². The van der Waals surface area contributed by atoms with Crippen LogP contribution in [0.15, 0.2) is 67.3 Å². The highest BCUT2D eigenvalue weighted by Crippen LogP contribution is 2.10. The summed E-state index contributed by atoms with van der Waals surface area (Å²) in [7, 11) is 0. The molecule has 7 nitrogen and oxygen atoms in total. The first-order chi connectivity index (χ1) is 12.1. The monoisotopic (exact) mass is 335 g/mol. The van der Waals surface area contributed by atoms with Crippen LogP contribution in [0.25, 0.3) is 5.69 Å². The Labute approximate surface area is 144 Å². The summed E-state index contributed by atoms with van der Waals surface area (Å²) in [6.07, 6.45) is 3.29. The van der Waals surface area contributed by atoms with E-state index in [4.69, 9.17) is 5.73 Å². The predicted molar refractivity (Wildman–Crippen MR) is 92.0 cm³/mol. The highest BCUT2D eigenvalue weighted by atomic mass is 16.2. The van der Waals surface area contributed by atoms with Crippen LogP contribution in [0.3, 0.4) is 0 Å². The molecular weight excluding hydrogens is 318 g/mol. The molecule has 0 unspecified atom stereocenters. The SMILES string of the molecule is NC(=O)[C@@H](Cc1ccccc1)NC(=O)c1cccc(-n2cncn2)c1. The van der Waals surface area contributed by atoms with Gasteiger partial charge < -0.3 is 11.1 Å². The molecular formula is C18H17N5O2. The smallest absolute Gasteiger partial charge is 0.252 e. The molecule has 0 fully saturated rings. The molecule has 3 aromatic rings. The Hall–Kier alpha value is -3.48. The average molecular weight is 335 g/mol. The molecule has 0 aliphatic carbocycles. The van der Waals surface area contributed by atoms with Crippen molar-refractivity contribution >= 4 is 11.8 Å². The van der Waals surface area contributed by atoms with Gasteiger partial charge in [0.05, 0.1) is 5.69 Å². The molecule has 25 heavy (non-hydrogen) atoms. The number of benzene rings is 2. The van der Waals surface area contributed by atoms with Gasteiger partial charge in [0.2, 0.25) is 5.91 Å². The summed E-state index contributed by atoms with van der Waals surface area (Å²) in [5.74, 6) is -0.952. The number of nitrogens with two attached hydrogens (primary N) is 1. The summed E-state index contributed by atoms with van der Waals surface area (Å²) in [6, 6.07) is 15.5. The second kappa shape index (κ2) is 7.39. The Bertz CT molecular complexity index is 862. The lowest BCUT2D eigenvalue weighted by molar-refractivity contribution is -0.119. The third kappa shape index (κ3) is 4.08. The normalized spacial score (nSPS) is 11.7. The highest BCUT2D eigenvalue weighted by Gasteiger charge is 2.19. The summed E-state index contributed by atoms with van der Waals surface area (Å²) in [4.78, 5) is 28.1. The van der Waals surface area contributed by atoms with Gasteiger partial charge in [-0.15, -0.1) is 0 Å². The molecule has 2 amide bonds. The maximum absolute atomic E-state index is 12.5. The number of rotatable bonds is 6. The number of amides is 2. The van der Waals surface area contributed by atoms with Crippen LogP contribution in [0.4, 0.5) is 0 Å². The lowest BCUT2D eigenvalue weighted by atomic mass is 10.0. The second-order valence-corrected chi connectivity index (χ2v) is 5.51. The van der Waals surface area contributed by atoms with Gasteiger partial charge in [-0.3, -0.25) is 9.59 Å². The second-order valence-electron chi connectivity index (χ2n) is 5.51. The van der Waals surface area contributed by atoms with Gasteiger partial charge in [-0.05, 0) is 23.8 Å². The fraction of sp³-hybridized carbons (Fsp3) is 0.111. The number of nitrogens with zero attached hydrogens (tertiary/aromatic N) is 3. The van der Waals surface area contributed by atoms with E-state index in [1.807, 2.05) is 30.3 Å². The summed E-state index contributed by atoms with van der Waals surface area (Å²) in [6.45, 7) is 0. The van der Waals surface area contributed by atoms with Gasteiger partial charge >= 0.3 is 0 Å². The summed E-state index contributed by atoms with van der Waals surface area (Å²) < 4.78 is 1.55. The van der Waals surface area contributed by atoms with Crippen molar-refractivity contribution in [3.8, 4) is 5.69 Å². The molecule has 126 valence electrons. The van der Waals surface area contributed by atoms with Crippen LogP contribution >= 0.6 is 0 Å². The number of carbonyl (C=O) groups is 2. The molecule has 0 aliphatic rings. The fourth-order valence-electron chi connectivity index (χ4n) is 2.45. The number of hydrogen-bond acceptors (Lipinski definition) is 4. The predicted octanol–water partition coefficient (Wildman–Crippen LogP) is 1.09. The van der Waals surface area contributed by atoms with Gasteiger partial charge in [0.1, 0.15) is 18.7 Å². The molecule has 7 heteroatoms. The molecule has 0 saturated carbocycles. The Kier molecular flexibility index (Phi) is 4.84. The van der Waals surface area contributed by atoms with E-state index in [2.05, 4.69) is 15.4 Å². The van der Waals surface area contributed by atoms with E-state index in [1.165, 1.54) is 6.33 Å². The Morgan fingerprint density at radius 3 is 2.60 bits per heavy atom. The first-order valence-electron chi connectivity index (χ1n) is 7.72. The van der Waals surface area contributed by atoms with Crippen molar-refractivity contribution in [2.45, 2.75) is 12.5 Å². The molecule has 0 spiro atoms. The van der Waals surface area contributed by atoms with E-state index >= 15 is 0 Å². The lowest BCUT2D eigenvalue weighted by Gasteiger charge is -2.16. The van der Waals surface area contributed by atoms with E-state index in [9.17, 15) is 9.59 Å². The zero-order chi connectivity index (χ0) is 17.6. The minimum atomic E-state index is -0.787. The van der Waals surface area contributed by atoms with Crippen LogP contribution in [0.5, 0.6) is 0 Å². The van der Waals surface area contributed by atoms with Crippen molar-refractivity contribution in [1.29, 1.82) is 0 Å². The van der Waals surface area contributed by atoms with E-state index in [0.29, 0.717) is 17.7 Å². The van der Waals surface area contributed by atoms with Gasteiger partial charge in [-0.1, -0.05) is 36.4 Å². The summed E-state index contributed by atoms with van der Waals surface area (Å²) in [5.41, 5.74) is 7.47. The van der Waals surface area contributed by atoms with Gasteiger partial charge in [0.15, 0.2) is 0 Å². The van der Waals surface area contributed by atoms with Crippen LogP contribution in [0, 0.1) is 0 Å². The Morgan fingerprint density at radius 2 is 1.92 bits per heavy atom. The van der Waals surface area contributed by atoms with E-state index in [0.717, 1.165) is 5.56 Å². The number of aromatic nitrogens is 3. The Morgan fingerprint density at radius 1 is 1.12 bits per heavy atom. The molecule has 2 aromatic carbocycles. The maximum Gasteiger partial charge on any atom is 0.252 e. The van der Waals surface area contributed by atoms with Crippen molar-refractivity contribution in [1.82, 2.24) is 20.1 Å².